The zero-order valence-corrected chi connectivity index (χ0v) is 22.4. The Morgan fingerprint density at radius 2 is 1.78 bits per heavy atom. The van der Waals surface area contributed by atoms with Gasteiger partial charge in [-0.05, 0) is 50.8 Å². The van der Waals surface area contributed by atoms with Gasteiger partial charge >= 0.3 is 0 Å². The summed E-state index contributed by atoms with van der Waals surface area (Å²) in [5.74, 6) is 0.891. The second-order valence-electron chi connectivity index (χ2n) is 10.5. The molecule has 9 nitrogen and oxygen atoms in total. The highest BCUT2D eigenvalue weighted by Crippen LogP contribution is 2.25. The first-order valence-corrected chi connectivity index (χ1v) is 13.6. The molecular weight excluding hydrogens is 468 g/mol. The summed E-state index contributed by atoms with van der Waals surface area (Å²) in [4.78, 5) is 29.1. The van der Waals surface area contributed by atoms with Gasteiger partial charge in [0.15, 0.2) is 0 Å². The maximum absolute atomic E-state index is 13.5. The van der Waals surface area contributed by atoms with Crippen LogP contribution in [0.25, 0.3) is 0 Å². The average Bonchev–Trinajstić information content (AvgIpc) is 2.94. The molecule has 200 valence electrons. The van der Waals surface area contributed by atoms with E-state index in [1.165, 1.54) is 11.3 Å². The number of aryl methyl sites for hydroxylation is 1. The van der Waals surface area contributed by atoms with E-state index in [9.17, 15) is 4.79 Å². The molecule has 3 fully saturated rings. The van der Waals surface area contributed by atoms with Gasteiger partial charge in [-0.3, -0.25) is 4.79 Å². The van der Waals surface area contributed by atoms with Crippen LogP contribution in [0.2, 0.25) is 0 Å². The van der Waals surface area contributed by atoms with Crippen molar-refractivity contribution in [1.29, 1.82) is 0 Å². The van der Waals surface area contributed by atoms with Crippen molar-refractivity contribution in [2.24, 2.45) is 0 Å². The molecule has 0 saturated carbocycles. The summed E-state index contributed by atoms with van der Waals surface area (Å²) in [6.45, 7) is 10.6. The first kappa shape index (κ1) is 25.9. The topological polar surface area (TPSA) is 83.1 Å². The van der Waals surface area contributed by atoms with Crippen LogP contribution in [0.5, 0.6) is 0 Å². The number of aromatic nitrogens is 2. The Balaban J connectivity index is 1.17. The number of benzene rings is 1. The molecule has 4 heterocycles. The highest BCUT2D eigenvalue weighted by molar-refractivity contribution is 5.94. The second kappa shape index (κ2) is 11.8. The number of methoxy groups -OCH3 is 1. The van der Waals surface area contributed by atoms with Crippen LogP contribution in [0.3, 0.4) is 0 Å². The van der Waals surface area contributed by atoms with Crippen molar-refractivity contribution in [3.05, 3.63) is 47.4 Å². The maximum Gasteiger partial charge on any atom is 0.272 e. The Kier molecular flexibility index (Phi) is 8.22. The van der Waals surface area contributed by atoms with Gasteiger partial charge in [0.25, 0.3) is 5.91 Å². The number of hydrogen-bond donors (Lipinski definition) is 1. The Bertz CT molecular complexity index is 1070. The van der Waals surface area contributed by atoms with Crippen molar-refractivity contribution in [2.45, 2.75) is 51.3 Å². The number of amides is 1. The Morgan fingerprint density at radius 3 is 2.51 bits per heavy atom. The summed E-state index contributed by atoms with van der Waals surface area (Å²) in [6, 6.07) is 9.35. The van der Waals surface area contributed by atoms with Gasteiger partial charge in [-0.25, -0.2) is 9.97 Å². The van der Waals surface area contributed by atoms with Gasteiger partial charge in [0.05, 0.1) is 12.7 Å². The maximum atomic E-state index is 13.5. The zero-order valence-electron chi connectivity index (χ0n) is 22.4. The van der Waals surface area contributed by atoms with Gasteiger partial charge in [0.2, 0.25) is 0 Å². The SMILES string of the molecule is COC1COCCC1NC1CCN(C(=O)c2ncnc(N3CCN(c4cccc(C)c4)CC3)c2C)CC1. The van der Waals surface area contributed by atoms with Crippen molar-refractivity contribution in [3.63, 3.8) is 0 Å². The van der Waals surface area contributed by atoms with E-state index in [1.807, 2.05) is 11.8 Å². The quantitative estimate of drug-likeness (QED) is 0.637. The number of piperidine rings is 1. The summed E-state index contributed by atoms with van der Waals surface area (Å²) < 4.78 is 11.1. The van der Waals surface area contributed by atoms with E-state index in [2.05, 4.69) is 56.3 Å². The molecule has 1 aromatic heterocycles. The van der Waals surface area contributed by atoms with Crippen LogP contribution >= 0.6 is 0 Å². The van der Waals surface area contributed by atoms with Crippen LogP contribution in [0, 0.1) is 13.8 Å². The summed E-state index contributed by atoms with van der Waals surface area (Å²) in [5, 5.41) is 3.76. The molecule has 9 heteroatoms. The van der Waals surface area contributed by atoms with Crippen LogP contribution < -0.4 is 15.1 Å². The van der Waals surface area contributed by atoms with E-state index < -0.39 is 0 Å². The molecule has 0 aliphatic carbocycles. The van der Waals surface area contributed by atoms with Crippen LogP contribution in [-0.2, 0) is 9.47 Å². The fraction of sp³-hybridized carbons (Fsp3) is 0.607. The fourth-order valence-electron chi connectivity index (χ4n) is 5.81. The van der Waals surface area contributed by atoms with Gasteiger partial charge in [0.1, 0.15) is 17.8 Å². The first-order chi connectivity index (χ1) is 18.0. The minimum atomic E-state index is 0.0128. The summed E-state index contributed by atoms with van der Waals surface area (Å²) in [7, 11) is 1.75. The smallest absolute Gasteiger partial charge is 0.272 e. The first-order valence-electron chi connectivity index (χ1n) is 13.6. The predicted molar refractivity (Wildman–Crippen MR) is 144 cm³/mol. The van der Waals surface area contributed by atoms with Gasteiger partial charge < -0.3 is 29.5 Å². The molecule has 2 aromatic rings. The lowest BCUT2D eigenvalue weighted by molar-refractivity contribution is -0.0533. The molecule has 1 N–H and O–H groups in total. The summed E-state index contributed by atoms with van der Waals surface area (Å²) in [6.07, 6.45) is 4.45. The number of rotatable bonds is 6. The predicted octanol–water partition coefficient (Wildman–Crippen LogP) is 2.42. The number of carbonyl (C=O) groups is 1. The molecule has 3 saturated heterocycles. The fourth-order valence-corrected chi connectivity index (χ4v) is 5.81. The number of anilines is 2. The largest absolute Gasteiger partial charge is 0.379 e. The van der Waals surface area contributed by atoms with Crippen LogP contribution in [-0.4, -0.2) is 98.6 Å². The van der Waals surface area contributed by atoms with Gasteiger partial charge in [-0.15, -0.1) is 0 Å². The summed E-state index contributed by atoms with van der Waals surface area (Å²) in [5.41, 5.74) is 3.95. The zero-order chi connectivity index (χ0) is 25.8. The van der Waals surface area contributed by atoms with E-state index >= 15 is 0 Å². The van der Waals surface area contributed by atoms with Crippen LogP contribution in [0.4, 0.5) is 11.5 Å². The minimum Gasteiger partial charge on any atom is -0.379 e. The van der Waals surface area contributed by atoms with Crippen LogP contribution in [0.15, 0.2) is 30.6 Å². The lowest BCUT2D eigenvalue weighted by Crippen LogP contribution is -2.54. The van der Waals surface area contributed by atoms with E-state index in [0.29, 0.717) is 24.4 Å². The third-order valence-corrected chi connectivity index (χ3v) is 8.04. The third-order valence-electron chi connectivity index (χ3n) is 8.04. The molecule has 37 heavy (non-hydrogen) atoms. The lowest BCUT2D eigenvalue weighted by atomic mass is 9.99. The highest BCUT2D eigenvalue weighted by atomic mass is 16.5. The standard InChI is InChI=1S/C28H40N6O3/c1-20-5-4-6-23(17-20)32-12-14-33(15-13-32)27-21(2)26(29-19-30-27)28(35)34-10-7-22(8-11-34)31-24-9-16-37-18-25(24)36-3/h4-6,17,19,22,24-25,31H,7-16,18H2,1-3H3. The normalized spacial score (nSPS) is 23.4. The number of piperazine rings is 1. The van der Waals surface area contributed by atoms with E-state index in [4.69, 9.17) is 9.47 Å². The molecular formula is C28H40N6O3. The number of nitrogens with zero attached hydrogens (tertiary/aromatic N) is 5. The molecule has 0 spiro atoms. The number of hydrogen-bond acceptors (Lipinski definition) is 8. The van der Waals surface area contributed by atoms with E-state index in [-0.39, 0.29) is 12.0 Å². The number of ether oxygens (including phenoxy) is 2. The highest BCUT2D eigenvalue weighted by Gasteiger charge is 2.31. The molecule has 2 atom stereocenters. The minimum absolute atomic E-state index is 0.0128. The van der Waals surface area contributed by atoms with Crippen molar-refractivity contribution in [1.82, 2.24) is 20.2 Å². The number of likely N-dealkylation sites (tertiary alicyclic amines) is 1. The monoisotopic (exact) mass is 508 g/mol. The number of carbonyl (C=O) groups excluding carboxylic acids is 1. The van der Waals surface area contributed by atoms with E-state index in [1.54, 1.807) is 13.4 Å². The van der Waals surface area contributed by atoms with Crippen LogP contribution in [0.1, 0.15) is 40.9 Å². The molecule has 1 aromatic carbocycles. The molecule has 1 amide bonds. The summed E-state index contributed by atoms with van der Waals surface area (Å²) >= 11 is 0. The Labute approximate surface area is 220 Å². The van der Waals surface area contributed by atoms with Crippen molar-refractivity contribution < 1.29 is 14.3 Å². The van der Waals surface area contributed by atoms with Gasteiger partial charge in [0, 0.05) is 76.3 Å². The van der Waals surface area contributed by atoms with Crippen molar-refractivity contribution >= 4 is 17.4 Å². The molecule has 0 bridgehead atoms. The van der Waals surface area contributed by atoms with Gasteiger partial charge in [-0.1, -0.05) is 12.1 Å². The van der Waals surface area contributed by atoms with Crippen molar-refractivity contribution in [2.75, 3.05) is 69.4 Å². The average molecular weight is 509 g/mol. The molecule has 5 rings (SSSR count). The van der Waals surface area contributed by atoms with Gasteiger partial charge in [-0.2, -0.15) is 0 Å². The molecule has 2 unspecified atom stereocenters. The third kappa shape index (κ3) is 5.89. The van der Waals surface area contributed by atoms with Crippen molar-refractivity contribution in [3.8, 4) is 0 Å². The van der Waals surface area contributed by atoms with E-state index in [0.717, 1.165) is 76.5 Å². The molecule has 0 radical (unpaired) electrons. The Hall–Kier alpha value is -2.75. The lowest BCUT2D eigenvalue weighted by Gasteiger charge is -2.38. The molecule has 3 aliphatic heterocycles. The number of nitrogens with one attached hydrogen (secondary N) is 1. The Morgan fingerprint density at radius 1 is 1.03 bits per heavy atom. The molecule has 3 aliphatic rings. The second-order valence-corrected chi connectivity index (χ2v) is 10.5.